The van der Waals surface area contributed by atoms with Crippen LogP contribution in [0, 0.1) is 5.82 Å². The molecule has 0 amide bonds. The van der Waals surface area contributed by atoms with E-state index in [4.69, 9.17) is 4.74 Å². The number of aromatic nitrogens is 2. The smallest absolute Gasteiger partial charge is 0.145 e. The number of nitrogens with one attached hydrogen (secondary N) is 1. The first-order valence-corrected chi connectivity index (χ1v) is 6.40. The molecular formula is C14H18FN3O. The van der Waals surface area contributed by atoms with Gasteiger partial charge < -0.3 is 14.6 Å². The Kier molecular flexibility index (Phi) is 4.39. The molecule has 19 heavy (non-hydrogen) atoms. The number of hydrogen-bond donors (Lipinski definition) is 1. The fourth-order valence-corrected chi connectivity index (χ4v) is 1.89. The molecule has 2 rings (SSSR count). The highest BCUT2D eigenvalue weighted by molar-refractivity contribution is 5.56. The maximum atomic E-state index is 13.2. The summed E-state index contributed by atoms with van der Waals surface area (Å²) in [4.78, 5) is 4.28. The molecule has 1 N–H and O–H groups in total. The molecule has 0 unspecified atom stereocenters. The third-order valence-electron chi connectivity index (χ3n) is 2.82. The Morgan fingerprint density at radius 1 is 1.37 bits per heavy atom. The van der Waals surface area contributed by atoms with Crippen LogP contribution >= 0.6 is 0 Å². The second kappa shape index (κ2) is 6.22. The van der Waals surface area contributed by atoms with Crippen LogP contribution in [-0.4, -0.2) is 16.2 Å². The van der Waals surface area contributed by atoms with E-state index in [9.17, 15) is 4.39 Å². The molecule has 0 saturated heterocycles. The summed E-state index contributed by atoms with van der Waals surface area (Å²) in [5.74, 6) is 1.16. The van der Waals surface area contributed by atoms with Crippen molar-refractivity contribution in [2.45, 2.75) is 26.9 Å². The van der Waals surface area contributed by atoms with E-state index in [1.807, 2.05) is 13.1 Å². The Morgan fingerprint density at radius 3 is 2.95 bits per heavy atom. The molecule has 0 spiro atoms. The lowest BCUT2D eigenvalue weighted by Crippen LogP contribution is -2.08. The van der Waals surface area contributed by atoms with E-state index < -0.39 is 0 Å². The minimum absolute atomic E-state index is 0.302. The van der Waals surface area contributed by atoms with Crippen molar-refractivity contribution in [3.05, 3.63) is 42.2 Å². The number of ether oxygens (including phenoxy) is 1. The van der Waals surface area contributed by atoms with Gasteiger partial charge in [-0.1, -0.05) is 0 Å². The van der Waals surface area contributed by atoms with E-state index in [2.05, 4.69) is 21.8 Å². The lowest BCUT2D eigenvalue weighted by atomic mass is 10.3. The van der Waals surface area contributed by atoms with Gasteiger partial charge in [0.1, 0.15) is 17.4 Å². The lowest BCUT2D eigenvalue weighted by molar-refractivity contribution is 0.339. The Hall–Kier alpha value is -2.04. The van der Waals surface area contributed by atoms with E-state index in [1.54, 1.807) is 12.3 Å². The van der Waals surface area contributed by atoms with E-state index in [1.165, 1.54) is 12.1 Å². The van der Waals surface area contributed by atoms with Gasteiger partial charge in [-0.05, 0) is 26.0 Å². The number of anilines is 1. The van der Waals surface area contributed by atoms with Crippen molar-refractivity contribution in [2.24, 2.45) is 0 Å². The molecule has 0 saturated carbocycles. The van der Waals surface area contributed by atoms with Crippen LogP contribution in [-0.2, 0) is 13.1 Å². The van der Waals surface area contributed by atoms with Crippen LogP contribution in [0.1, 0.15) is 19.7 Å². The summed E-state index contributed by atoms with van der Waals surface area (Å²) in [6, 6.07) is 4.48. The van der Waals surface area contributed by atoms with Crippen molar-refractivity contribution in [1.82, 2.24) is 9.55 Å². The number of rotatable bonds is 6. The van der Waals surface area contributed by atoms with Gasteiger partial charge >= 0.3 is 0 Å². The van der Waals surface area contributed by atoms with Crippen molar-refractivity contribution in [2.75, 3.05) is 11.9 Å². The van der Waals surface area contributed by atoms with E-state index in [-0.39, 0.29) is 5.82 Å². The first-order chi connectivity index (χ1) is 9.24. The predicted molar refractivity (Wildman–Crippen MR) is 72.8 cm³/mol. The van der Waals surface area contributed by atoms with Crippen LogP contribution in [0.25, 0.3) is 0 Å². The van der Waals surface area contributed by atoms with Gasteiger partial charge in [0.25, 0.3) is 0 Å². The molecule has 0 atom stereocenters. The largest absolute Gasteiger partial charge is 0.492 e. The molecule has 1 heterocycles. The van der Waals surface area contributed by atoms with Crippen LogP contribution < -0.4 is 10.1 Å². The summed E-state index contributed by atoms with van der Waals surface area (Å²) in [5.41, 5.74) is 0.772. The maximum absolute atomic E-state index is 13.2. The molecule has 5 heteroatoms. The second-order valence-electron chi connectivity index (χ2n) is 4.06. The van der Waals surface area contributed by atoms with Gasteiger partial charge in [0.15, 0.2) is 0 Å². The minimum Gasteiger partial charge on any atom is -0.492 e. The first-order valence-electron chi connectivity index (χ1n) is 6.40. The molecule has 2 aromatic rings. The van der Waals surface area contributed by atoms with Crippen LogP contribution in [0.5, 0.6) is 5.75 Å². The monoisotopic (exact) mass is 263 g/mol. The van der Waals surface area contributed by atoms with Gasteiger partial charge in [-0.25, -0.2) is 9.37 Å². The predicted octanol–water partition coefficient (Wildman–Crippen LogP) is 3.05. The highest BCUT2D eigenvalue weighted by atomic mass is 19.1. The topological polar surface area (TPSA) is 39.1 Å². The quantitative estimate of drug-likeness (QED) is 0.870. The fraction of sp³-hybridized carbons (Fsp3) is 0.357. The van der Waals surface area contributed by atoms with E-state index >= 15 is 0 Å². The van der Waals surface area contributed by atoms with Crippen LogP contribution in [0.4, 0.5) is 10.1 Å². The molecule has 0 bridgehead atoms. The molecule has 102 valence electrons. The highest BCUT2D eigenvalue weighted by Gasteiger charge is 2.07. The zero-order chi connectivity index (χ0) is 13.7. The van der Waals surface area contributed by atoms with Crippen LogP contribution in [0.2, 0.25) is 0 Å². The van der Waals surface area contributed by atoms with Crippen molar-refractivity contribution in [1.29, 1.82) is 0 Å². The van der Waals surface area contributed by atoms with E-state index in [0.717, 1.165) is 18.1 Å². The Labute approximate surface area is 112 Å². The Bertz CT molecular complexity index is 539. The summed E-state index contributed by atoms with van der Waals surface area (Å²) in [6.45, 7) is 5.89. The second-order valence-corrected chi connectivity index (χ2v) is 4.06. The van der Waals surface area contributed by atoms with Gasteiger partial charge in [0.05, 0.1) is 18.8 Å². The number of nitrogens with zero attached hydrogens (tertiary/aromatic N) is 2. The van der Waals surface area contributed by atoms with Gasteiger partial charge in [0, 0.05) is 25.0 Å². The third kappa shape index (κ3) is 3.24. The van der Waals surface area contributed by atoms with Gasteiger partial charge in [-0.15, -0.1) is 0 Å². The average molecular weight is 263 g/mol. The minimum atomic E-state index is -0.302. The molecule has 4 nitrogen and oxygen atoms in total. The van der Waals surface area contributed by atoms with Crippen molar-refractivity contribution < 1.29 is 9.13 Å². The maximum Gasteiger partial charge on any atom is 0.145 e. The summed E-state index contributed by atoms with van der Waals surface area (Å²) >= 11 is 0. The lowest BCUT2D eigenvalue weighted by Gasteiger charge is -2.12. The van der Waals surface area contributed by atoms with E-state index in [0.29, 0.717) is 18.9 Å². The van der Waals surface area contributed by atoms with Crippen LogP contribution in [0.3, 0.4) is 0 Å². The zero-order valence-corrected chi connectivity index (χ0v) is 11.2. The highest BCUT2D eigenvalue weighted by Crippen LogP contribution is 2.25. The average Bonchev–Trinajstić information content (AvgIpc) is 2.85. The standard InChI is InChI=1S/C14H18FN3O/c1-3-18-8-7-16-14(18)10-17-12-6-5-11(15)9-13(12)19-4-2/h5-9,17H,3-4,10H2,1-2H3. The molecule has 0 aliphatic heterocycles. The third-order valence-corrected chi connectivity index (χ3v) is 2.82. The van der Waals surface area contributed by atoms with Gasteiger partial charge in [0.2, 0.25) is 0 Å². The number of benzene rings is 1. The zero-order valence-electron chi connectivity index (χ0n) is 11.2. The first kappa shape index (κ1) is 13.4. The summed E-state index contributed by atoms with van der Waals surface area (Å²) in [5, 5.41) is 3.23. The SMILES string of the molecule is CCOc1cc(F)ccc1NCc1nccn1CC. The number of imidazole rings is 1. The molecule has 0 fully saturated rings. The summed E-state index contributed by atoms with van der Waals surface area (Å²) < 4.78 is 20.6. The Balaban J connectivity index is 2.10. The van der Waals surface area contributed by atoms with Crippen molar-refractivity contribution in [3.63, 3.8) is 0 Å². The normalized spacial score (nSPS) is 10.5. The molecule has 1 aromatic carbocycles. The molecule has 0 radical (unpaired) electrons. The number of halogens is 1. The molecule has 0 aliphatic rings. The van der Waals surface area contributed by atoms with Gasteiger partial charge in [-0.3, -0.25) is 0 Å². The van der Waals surface area contributed by atoms with Crippen LogP contribution in [0.15, 0.2) is 30.6 Å². The molecule has 0 aliphatic carbocycles. The van der Waals surface area contributed by atoms with Gasteiger partial charge in [-0.2, -0.15) is 0 Å². The number of hydrogen-bond acceptors (Lipinski definition) is 3. The summed E-state index contributed by atoms with van der Waals surface area (Å²) in [7, 11) is 0. The Morgan fingerprint density at radius 2 is 2.21 bits per heavy atom. The van der Waals surface area contributed by atoms with Crippen molar-refractivity contribution in [3.8, 4) is 5.75 Å². The summed E-state index contributed by atoms with van der Waals surface area (Å²) in [6.07, 6.45) is 3.71. The molecular weight excluding hydrogens is 245 g/mol. The fourth-order valence-electron chi connectivity index (χ4n) is 1.89. The van der Waals surface area contributed by atoms with Crippen molar-refractivity contribution >= 4 is 5.69 Å². The molecule has 1 aromatic heterocycles. The number of aryl methyl sites for hydroxylation is 1.